The predicted molar refractivity (Wildman–Crippen MR) is 133 cm³/mol. The Bertz CT molecular complexity index is 997. The molecule has 4 rings (SSSR count). The summed E-state index contributed by atoms with van der Waals surface area (Å²) in [7, 11) is 0. The molecule has 4 nitrogen and oxygen atoms in total. The Hall–Kier alpha value is -2.40. The molecule has 5 heteroatoms. The van der Waals surface area contributed by atoms with Crippen molar-refractivity contribution in [1.82, 2.24) is 4.90 Å². The minimum Gasteiger partial charge on any atom is -0.490 e. The molecule has 1 aliphatic carbocycles. The van der Waals surface area contributed by atoms with Crippen molar-refractivity contribution in [3.63, 3.8) is 0 Å². The first-order valence-corrected chi connectivity index (χ1v) is 12.8. The summed E-state index contributed by atoms with van der Waals surface area (Å²) in [4.78, 5) is 15.7. The summed E-state index contributed by atoms with van der Waals surface area (Å²) < 4.78 is 25.9. The standard InChI is InChI=1S/C29H38FNO3/c1-4-14-33-26-17-22-16-23(28(32)24(22)18-27(26)34-15-5-2)19-29(3)10-12-31(13-11-29)20-21-8-6-7-9-25(21)30/h6-9,17-18,23H,4-5,10-16,19-20H2,1-3H3. The molecule has 0 saturated carbocycles. The van der Waals surface area contributed by atoms with Gasteiger partial charge in [-0.25, -0.2) is 4.39 Å². The Kier molecular flexibility index (Phi) is 7.92. The third-order valence-corrected chi connectivity index (χ3v) is 7.35. The smallest absolute Gasteiger partial charge is 0.166 e. The first kappa shape index (κ1) is 24.7. The largest absolute Gasteiger partial charge is 0.490 e. The van der Waals surface area contributed by atoms with Gasteiger partial charge in [0.25, 0.3) is 0 Å². The number of hydrogen-bond donors (Lipinski definition) is 0. The summed E-state index contributed by atoms with van der Waals surface area (Å²) in [6.07, 6.45) is 5.56. The third kappa shape index (κ3) is 5.63. The van der Waals surface area contributed by atoms with Gasteiger partial charge in [-0.05, 0) is 80.8 Å². The molecule has 1 unspecified atom stereocenters. The number of likely N-dealkylation sites (tertiary alicyclic amines) is 1. The number of ketones is 1. The Morgan fingerprint density at radius 1 is 1.03 bits per heavy atom. The van der Waals surface area contributed by atoms with Crippen molar-refractivity contribution in [3.8, 4) is 11.5 Å². The fraction of sp³-hybridized carbons (Fsp3) is 0.552. The number of carbonyl (C=O) groups excluding carboxylic acids is 1. The number of Topliss-reactive ketones (excluding diaryl/α,β-unsaturated/α-hetero) is 1. The van der Waals surface area contributed by atoms with Crippen LogP contribution in [0.1, 0.15) is 74.4 Å². The Balaban J connectivity index is 1.39. The second-order valence-electron chi connectivity index (χ2n) is 10.3. The van der Waals surface area contributed by atoms with E-state index in [2.05, 4.69) is 25.7 Å². The number of carbonyl (C=O) groups is 1. The van der Waals surface area contributed by atoms with Crippen LogP contribution in [-0.2, 0) is 13.0 Å². The maximum absolute atomic E-state index is 14.1. The van der Waals surface area contributed by atoms with Crippen LogP contribution in [0.3, 0.4) is 0 Å². The highest BCUT2D eigenvalue weighted by molar-refractivity contribution is 6.03. The Labute approximate surface area is 203 Å². The molecule has 0 bridgehead atoms. The summed E-state index contributed by atoms with van der Waals surface area (Å²) in [5.41, 5.74) is 2.78. The van der Waals surface area contributed by atoms with Crippen LogP contribution in [0, 0.1) is 17.2 Å². The van der Waals surface area contributed by atoms with Gasteiger partial charge in [0.15, 0.2) is 17.3 Å². The average molecular weight is 468 g/mol. The van der Waals surface area contributed by atoms with Crippen molar-refractivity contribution in [3.05, 3.63) is 58.9 Å². The number of fused-ring (bicyclic) bond motifs is 1. The molecular weight excluding hydrogens is 429 g/mol. The summed E-state index contributed by atoms with van der Waals surface area (Å²) in [6.45, 7) is 10.2. The summed E-state index contributed by atoms with van der Waals surface area (Å²) in [6, 6.07) is 11.0. The van der Waals surface area contributed by atoms with E-state index in [4.69, 9.17) is 9.47 Å². The van der Waals surface area contributed by atoms with Gasteiger partial charge in [0.2, 0.25) is 0 Å². The number of hydrogen-bond acceptors (Lipinski definition) is 4. The van der Waals surface area contributed by atoms with Crippen molar-refractivity contribution < 1.29 is 18.7 Å². The molecular formula is C29H38FNO3. The van der Waals surface area contributed by atoms with Crippen LogP contribution in [0.2, 0.25) is 0 Å². The minimum absolute atomic E-state index is 0.0126. The van der Waals surface area contributed by atoms with E-state index in [-0.39, 0.29) is 22.9 Å². The second-order valence-corrected chi connectivity index (χ2v) is 10.3. The lowest BCUT2D eigenvalue weighted by atomic mass is 9.73. The number of ether oxygens (including phenoxy) is 2. The van der Waals surface area contributed by atoms with E-state index < -0.39 is 0 Å². The van der Waals surface area contributed by atoms with Gasteiger partial charge in [-0.3, -0.25) is 9.69 Å². The van der Waals surface area contributed by atoms with Crippen LogP contribution < -0.4 is 9.47 Å². The van der Waals surface area contributed by atoms with E-state index in [0.29, 0.717) is 25.5 Å². The molecule has 1 fully saturated rings. The van der Waals surface area contributed by atoms with E-state index in [0.717, 1.165) is 74.1 Å². The first-order chi connectivity index (χ1) is 16.4. The van der Waals surface area contributed by atoms with Crippen LogP contribution in [0.15, 0.2) is 36.4 Å². The SMILES string of the molecule is CCCOc1cc2c(cc1OCCC)C(=O)C(CC1(C)CCN(Cc3ccccc3F)CC1)C2. The number of halogens is 1. The average Bonchev–Trinajstić information content (AvgIpc) is 3.12. The lowest BCUT2D eigenvalue weighted by molar-refractivity contribution is 0.0737. The zero-order chi connectivity index (χ0) is 24.1. The fourth-order valence-electron chi connectivity index (χ4n) is 5.31. The molecule has 34 heavy (non-hydrogen) atoms. The van der Waals surface area contributed by atoms with Gasteiger partial charge in [-0.1, -0.05) is 39.0 Å². The topological polar surface area (TPSA) is 38.8 Å². The van der Waals surface area contributed by atoms with Gasteiger partial charge >= 0.3 is 0 Å². The highest BCUT2D eigenvalue weighted by atomic mass is 19.1. The predicted octanol–water partition coefficient (Wildman–Crippen LogP) is 6.45. The quantitative estimate of drug-likeness (QED) is 0.402. The molecule has 0 N–H and O–H groups in total. The van der Waals surface area contributed by atoms with Crippen LogP contribution in [-0.4, -0.2) is 37.0 Å². The maximum atomic E-state index is 14.1. The molecule has 2 aromatic carbocycles. The van der Waals surface area contributed by atoms with Gasteiger partial charge < -0.3 is 9.47 Å². The normalized spacial score (nSPS) is 19.8. The lowest BCUT2D eigenvalue weighted by Crippen LogP contribution is -2.39. The molecule has 1 atom stereocenters. The third-order valence-electron chi connectivity index (χ3n) is 7.35. The zero-order valence-electron chi connectivity index (χ0n) is 20.9. The van der Waals surface area contributed by atoms with Gasteiger partial charge in [0, 0.05) is 23.6 Å². The van der Waals surface area contributed by atoms with Crippen molar-refractivity contribution >= 4 is 5.78 Å². The maximum Gasteiger partial charge on any atom is 0.166 e. The van der Waals surface area contributed by atoms with Gasteiger partial charge in [0.1, 0.15) is 5.82 Å². The monoisotopic (exact) mass is 467 g/mol. The van der Waals surface area contributed by atoms with Crippen molar-refractivity contribution in [1.29, 1.82) is 0 Å². The summed E-state index contributed by atoms with van der Waals surface area (Å²) >= 11 is 0. The van der Waals surface area contributed by atoms with Crippen molar-refractivity contribution in [2.24, 2.45) is 11.3 Å². The van der Waals surface area contributed by atoms with Crippen molar-refractivity contribution in [2.45, 2.75) is 65.8 Å². The summed E-state index contributed by atoms with van der Waals surface area (Å²) in [5.74, 6) is 1.58. The molecule has 2 aliphatic rings. The van der Waals surface area contributed by atoms with E-state index in [1.165, 1.54) is 6.07 Å². The fourth-order valence-corrected chi connectivity index (χ4v) is 5.31. The Morgan fingerprint density at radius 2 is 1.68 bits per heavy atom. The molecule has 0 spiro atoms. The molecule has 1 heterocycles. The van der Waals surface area contributed by atoms with E-state index in [1.807, 2.05) is 24.3 Å². The molecule has 0 radical (unpaired) electrons. The molecule has 0 aromatic heterocycles. The van der Waals surface area contributed by atoms with Crippen molar-refractivity contribution in [2.75, 3.05) is 26.3 Å². The minimum atomic E-state index is -0.130. The van der Waals surface area contributed by atoms with Crippen LogP contribution in [0.4, 0.5) is 4.39 Å². The van der Waals surface area contributed by atoms with Crippen LogP contribution >= 0.6 is 0 Å². The number of rotatable bonds is 10. The molecule has 184 valence electrons. The van der Waals surface area contributed by atoms with Gasteiger partial charge in [-0.2, -0.15) is 0 Å². The molecule has 1 saturated heterocycles. The number of nitrogens with zero attached hydrogens (tertiary/aromatic N) is 1. The molecule has 1 aliphatic heterocycles. The van der Waals surface area contributed by atoms with Gasteiger partial charge in [-0.15, -0.1) is 0 Å². The van der Waals surface area contributed by atoms with E-state index in [1.54, 1.807) is 6.07 Å². The summed E-state index contributed by atoms with van der Waals surface area (Å²) in [5, 5.41) is 0. The first-order valence-electron chi connectivity index (χ1n) is 12.8. The highest BCUT2D eigenvalue weighted by Crippen LogP contribution is 2.44. The van der Waals surface area contributed by atoms with Gasteiger partial charge in [0.05, 0.1) is 13.2 Å². The van der Waals surface area contributed by atoms with Crippen LogP contribution in [0.25, 0.3) is 0 Å². The molecule has 0 amide bonds. The zero-order valence-corrected chi connectivity index (χ0v) is 20.9. The molecule has 2 aromatic rings. The van der Waals surface area contributed by atoms with Crippen LogP contribution in [0.5, 0.6) is 11.5 Å². The number of piperidine rings is 1. The number of benzene rings is 2. The highest BCUT2D eigenvalue weighted by Gasteiger charge is 2.39. The lowest BCUT2D eigenvalue weighted by Gasteiger charge is -2.40. The van der Waals surface area contributed by atoms with E-state index in [9.17, 15) is 9.18 Å². The Morgan fingerprint density at radius 3 is 2.32 bits per heavy atom. The second kappa shape index (κ2) is 10.9. The van der Waals surface area contributed by atoms with E-state index >= 15 is 0 Å².